The zero-order chi connectivity index (χ0) is 13.9. The van der Waals surface area contributed by atoms with Crippen molar-refractivity contribution in [1.29, 1.82) is 0 Å². The maximum absolute atomic E-state index is 12.2. The van der Waals surface area contributed by atoms with Gasteiger partial charge in [0.1, 0.15) is 0 Å². The molecular weight excluding hydrogens is 242 g/mol. The molecule has 2 rings (SSSR count). The monoisotopic (exact) mass is 261 g/mol. The van der Waals surface area contributed by atoms with Crippen molar-refractivity contribution >= 4 is 11.9 Å². The minimum atomic E-state index is -1.15. The van der Waals surface area contributed by atoms with E-state index in [1.54, 1.807) is 36.1 Å². The third-order valence-corrected chi connectivity index (χ3v) is 3.85. The first-order valence-electron chi connectivity index (χ1n) is 6.61. The van der Waals surface area contributed by atoms with Crippen LogP contribution in [-0.2, 0) is 15.0 Å². The smallest absolute Gasteiger partial charge is 0.314 e. The second-order valence-corrected chi connectivity index (χ2v) is 5.27. The van der Waals surface area contributed by atoms with E-state index < -0.39 is 11.4 Å². The lowest BCUT2D eigenvalue weighted by Gasteiger charge is -2.27. The van der Waals surface area contributed by atoms with Crippen molar-refractivity contribution in [2.24, 2.45) is 0 Å². The number of amides is 1. The van der Waals surface area contributed by atoms with Gasteiger partial charge >= 0.3 is 5.97 Å². The number of carbonyl (C=O) groups excluding carboxylic acids is 1. The number of aliphatic carboxylic acids is 1. The lowest BCUT2D eigenvalue weighted by molar-refractivity contribution is -0.147. The van der Waals surface area contributed by atoms with Crippen LogP contribution in [0, 0.1) is 0 Å². The van der Waals surface area contributed by atoms with Crippen molar-refractivity contribution in [3.05, 3.63) is 35.9 Å². The summed E-state index contributed by atoms with van der Waals surface area (Å²) in [4.78, 5) is 25.6. The zero-order valence-corrected chi connectivity index (χ0v) is 11.1. The molecule has 4 heteroatoms. The van der Waals surface area contributed by atoms with Gasteiger partial charge < -0.3 is 10.0 Å². The lowest BCUT2D eigenvalue weighted by atomic mass is 9.79. The number of carbonyl (C=O) groups is 2. The first-order valence-corrected chi connectivity index (χ1v) is 6.61. The van der Waals surface area contributed by atoms with Crippen LogP contribution >= 0.6 is 0 Å². The fraction of sp³-hybridized carbons (Fsp3) is 0.467. The van der Waals surface area contributed by atoms with E-state index in [4.69, 9.17) is 0 Å². The molecule has 1 aliphatic rings. The van der Waals surface area contributed by atoms with Gasteiger partial charge in [-0.1, -0.05) is 30.3 Å². The Labute approximate surface area is 113 Å². The van der Waals surface area contributed by atoms with Crippen molar-refractivity contribution in [3.8, 4) is 0 Å². The summed E-state index contributed by atoms with van der Waals surface area (Å²) < 4.78 is 0. The van der Waals surface area contributed by atoms with E-state index in [0.29, 0.717) is 5.56 Å². The first-order chi connectivity index (χ1) is 9.04. The molecule has 1 atom stereocenters. The number of benzene rings is 1. The summed E-state index contributed by atoms with van der Waals surface area (Å²) in [6.07, 6.45) is 2.05. The molecule has 19 heavy (non-hydrogen) atoms. The van der Waals surface area contributed by atoms with Gasteiger partial charge in [-0.3, -0.25) is 9.59 Å². The quantitative estimate of drug-likeness (QED) is 0.902. The second-order valence-electron chi connectivity index (χ2n) is 5.27. The summed E-state index contributed by atoms with van der Waals surface area (Å²) >= 11 is 0. The number of hydrogen-bond acceptors (Lipinski definition) is 2. The first kappa shape index (κ1) is 13.6. The highest BCUT2D eigenvalue weighted by Gasteiger charge is 2.38. The number of nitrogens with zero attached hydrogens (tertiary/aromatic N) is 1. The Balaban J connectivity index is 2.20. The van der Waals surface area contributed by atoms with Crippen LogP contribution in [0.1, 0.15) is 31.7 Å². The van der Waals surface area contributed by atoms with Crippen molar-refractivity contribution < 1.29 is 14.7 Å². The van der Waals surface area contributed by atoms with Gasteiger partial charge in [0.05, 0.1) is 5.41 Å². The number of rotatable bonds is 4. The number of likely N-dealkylation sites (tertiary alicyclic amines) is 1. The van der Waals surface area contributed by atoms with Gasteiger partial charge in [0.25, 0.3) is 0 Å². The fourth-order valence-electron chi connectivity index (χ4n) is 2.49. The predicted molar refractivity (Wildman–Crippen MR) is 71.9 cm³/mol. The molecule has 102 valence electrons. The van der Waals surface area contributed by atoms with Crippen molar-refractivity contribution in [1.82, 2.24) is 4.90 Å². The molecule has 1 aromatic rings. The van der Waals surface area contributed by atoms with E-state index >= 15 is 0 Å². The van der Waals surface area contributed by atoms with Crippen LogP contribution in [0.15, 0.2) is 30.3 Å². The number of hydrogen-bond donors (Lipinski definition) is 1. The Morgan fingerprint density at radius 3 is 2.32 bits per heavy atom. The van der Waals surface area contributed by atoms with Crippen molar-refractivity contribution in [2.45, 2.75) is 31.6 Å². The summed E-state index contributed by atoms with van der Waals surface area (Å²) in [5, 5.41) is 9.51. The van der Waals surface area contributed by atoms with Crippen LogP contribution in [0.5, 0.6) is 0 Å². The molecule has 0 spiro atoms. The Morgan fingerprint density at radius 2 is 1.79 bits per heavy atom. The van der Waals surface area contributed by atoms with Gasteiger partial charge in [0.15, 0.2) is 0 Å². The van der Waals surface area contributed by atoms with Crippen molar-refractivity contribution in [3.63, 3.8) is 0 Å². The van der Waals surface area contributed by atoms with Gasteiger partial charge in [-0.25, -0.2) is 0 Å². The largest absolute Gasteiger partial charge is 0.481 e. The van der Waals surface area contributed by atoms with Crippen LogP contribution in [0.4, 0.5) is 0 Å². The average Bonchev–Trinajstić information content (AvgIpc) is 2.93. The zero-order valence-electron chi connectivity index (χ0n) is 11.1. The Morgan fingerprint density at radius 1 is 1.21 bits per heavy atom. The summed E-state index contributed by atoms with van der Waals surface area (Å²) in [7, 11) is 0. The molecule has 1 heterocycles. The Kier molecular flexibility index (Phi) is 3.88. The van der Waals surface area contributed by atoms with Crippen LogP contribution in [0.3, 0.4) is 0 Å². The molecule has 1 N–H and O–H groups in total. The number of carboxylic acid groups (broad SMARTS) is 1. The van der Waals surface area contributed by atoms with Gasteiger partial charge in [-0.15, -0.1) is 0 Å². The van der Waals surface area contributed by atoms with Crippen LogP contribution in [-0.4, -0.2) is 35.0 Å². The number of carboxylic acids is 1. The van der Waals surface area contributed by atoms with Gasteiger partial charge in [-0.05, 0) is 25.3 Å². The standard InChI is InChI=1S/C15H19NO3/c1-15(14(18)19,12-7-3-2-4-8-12)11-13(17)16-9-5-6-10-16/h2-4,7-8H,5-6,9-11H2,1H3,(H,18,19). The molecule has 0 bridgehead atoms. The summed E-state index contributed by atoms with van der Waals surface area (Å²) in [6.45, 7) is 3.13. The molecule has 0 saturated carbocycles. The predicted octanol–water partition coefficient (Wildman–Crippen LogP) is 2.04. The minimum absolute atomic E-state index is 0.0202. The summed E-state index contributed by atoms with van der Waals surface area (Å²) in [5.74, 6) is -1.02. The van der Waals surface area contributed by atoms with Crippen molar-refractivity contribution in [2.75, 3.05) is 13.1 Å². The fourth-order valence-corrected chi connectivity index (χ4v) is 2.49. The van der Waals surface area contributed by atoms with Crippen LogP contribution in [0.2, 0.25) is 0 Å². The van der Waals surface area contributed by atoms with E-state index in [1.807, 2.05) is 6.07 Å². The molecule has 1 amide bonds. The van der Waals surface area contributed by atoms with E-state index in [2.05, 4.69) is 0 Å². The third kappa shape index (κ3) is 2.78. The summed E-state index contributed by atoms with van der Waals surface area (Å²) in [6, 6.07) is 8.98. The molecule has 0 aromatic heterocycles. The molecular formula is C15H19NO3. The molecule has 1 aliphatic heterocycles. The van der Waals surface area contributed by atoms with E-state index in [1.165, 1.54) is 0 Å². The molecule has 1 saturated heterocycles. The Hall–Kier alpha value is -1.84. The topological polar surface area (TPSA) is 57.6 Å². The highest BCUT2D eigenvalue weighted by molar-refractivity contribution is 5.89. The maximum atomic E-state index is 12.2. The highest BCUT2D eigenvalue weighted by atomic mass is 16.4. The van der Waals surface area contributed by atoms with Gasteiger partial charge in [0.2, 0.25) is 5.91 Å². The van der Waals surface area contributed by atoms with Gasteiger partial charge in [-0.2, -0.15) is 0 Å². The molecule has 4 nitrogen and oxygen atoms in total. The van der Waals surface area contributed by atoms with E-state index in [-0.39, 0.29) is 12.3 Å². The normalized spacial score (nSPS) is 18.1. The molecule has 0 radical (unpaired) electrons. The van der Waals surface area contributed by atoms with Crippen LogP contribution < -0.4 is 0 Å². The third-order valence-electron chi connectivity index (χ3n) is 3.85. The molecule has 1 fully saturated rings. The highest BCUT2D eigenvalue weighted by Crippen LogP contribution is 2.29. The average molecular weight is 261 g/mol. The molecule has 1 unspecified atom stereocenters. The Bertz CT molecular complexity index is 466. The minimum Gasteiger partial charge on any atom is -0.481 e. The van der Waals surface area contributed by atoms with Gasteiger partial charge in [0, 0.05) is 19.5 Å². The molecule has 1 aromatic carbocycles. The molecule has 0 aliphatic carbocycles. The second kappa shape index (κ2) is 5.43. The SMILES string of the molecule is CC(CC(=O)N1CCCC1)(C(=O)O)c1ccccc1. The van der Waals surface area contributed by atoms with E-state index in [0.717, 1.165) is 25.9 Å². The van der Waals surface area contributed by atoms with E-state index in [9.17, 15) is 14.7 Å². The maximum Gasteiger partial charge on any atom is 0.314 e. The lowest BCUT2D eigenvalue weighted by Crippen LogP contribution is -2.40. The summed E-state index contributed by atoms with van der Waals surface area (Å²) in [5.41, 5.74) is -0.476. The van der Waals surface area contributed by atoms with Crippen LogP contribution in [0.25, 0.3) is 0 Å².